The molecule has 0 aliphatic carbocycles. The molecule has 98 valence electrons. The van der Waals surface area contributed by atoms with Crippen molar-refractivity contribution in [3.05, 3.63) is 27.3 Å². The van der Waals surface area contributed by atoms with Gasteiger partial charge in [0, 0.05) is 22.1 Å². The standard InChI is InChI=1S/C13H16INO3/c1-9-6-7-10(8-11(9)14)15-12(16)4-2-3-5-13(17)18/h6-8H,2-5H2,1H3,(H,15,16)(H,17,18). The molecule has 1 amide bonds. The fourth-order valence-corrected chi connectivity index (χ4v) is 1.97. The molecule has 1 aromatic carbocycles. The maximum absolute atomic E-state index is 11.6. The van der Waals surface area contributed by atoms with Gasteiger partial charge in [0.05, 0.1) is 0 Å². The summed E-state index contributed by atoms with van der Waals surface area (Å²) in [6, 6.07) is 5.75. The van der Waals surface area contributed by atoms with Gasteiger partial charge in [0.1, 0.15) is 0 Å². The fourth-order valence-electron chi connectivity index (χ4n) is 1.46. The number of nitrogens with one attached hydrogen (secondary N) is 1. The Balaban J connectivity index is 2.35. The molecule has 18 heavy (non-hydrogen) atoms. The second-order valence-electron chi connectivity index (χ2n) is 4.11. The van der Waals surface area contributed by atoms with Gasteiger partial charge in [0.2, 0.25) is 5.91 Å². The molecule has 0 fully saturated rings. The Bertz CT molecular complexity index is 446. The third kappa shape index (κ3) is 5.48. The van der Waals surface area contributed by atoms with Gasteiger partial charge in [-0.3, -0.25) is 9.59 Å². The SMILES string of the molecule is Cc1ccc(NC(=O)CCCCC(=O)O)cc1I. The third-order valence-corrected chi connectivity index (χ3v) is 3.66. The van der Waals surface area contributed by atoms with Crippen molar-refractivity contribution in [1.82, 2.24) is 0 Å². The van der Waals surface area contributed by atoms with Crippen LogP contribution in [0.5, 0.6) is 0 Å². The molecule has 0 saturated heterocycles. The lowest BCUT2D eigenvalue weighted by Gasteiger charge is -2.06. The molecule has 0 aliphatic rings. The van der Waals surface area contributed by atoms with Gasteiger partial charge in [0.15, 0.2) is 0 Å². The van der Waals surface area contributed by atoms with Crippen LogP contribution in [0.25, 0.3) is 0 Å². The molecular weight excluding hydrogens is 345 g/mol. The van der Waals surface area contributed by atoms with Crippen LogP contribution in [0.3, 0.4) is 0 Å². The topological polar surface area (TPSA) is 66.4 Å². The Kier molecular flexibility index (Phi) is 6.11. The summed E-state index contributed by atoms with van der Waals surface area (Å²) in [4.78, 5) is 21.9. The second kappa shape index (κ2) is 7.35. The van der Waals surface area contributed by atoms with Gasteiger partial charge >= 0.3 is 5.97 Å². The van der Waals surface area contributed by atoms with Gasteiger partial charge in [-0.15, -0.1) is 0 Å². The number of benzene rings is 1. The van der Waals surface area contributed by atoms with Gasteiger partial charge in [-0.2, -0.15) is 0 Å². The highest BCUT2D eigenvalue weighted by molar-refractivity contribution is 14.1. The maximum Gasteiger partial charge on any atom is 0.303 e. The number of rotatable bonds is 6. The van der Waals surface area contributed by atoms with E-state index in [2.05, 4.69) is 27.9 Å². The molecule has 0 radical (unpaired) electrons. The summed E-state index contributed by atoms with van der Waals surface area (Å²) in [7, 11) is 0. The molecule has 5 heteroatoms. The van der Waals surface area contributed by atoms with Crippen LogP contribution in [-0.2, 0) is 9.59 Å². The Morgan fingerprint density at radius 2 is 1.94 bits per heavy atom. The zero-order valence-electron chi connectivity index (χ0n) is 10.2. The summed E-state index contributed by atoms with van der Waals surface area (Å²) in [6.45, 7) is 2.01. The van der Waals surface area contributed by atoms with E-state index in [4.69, 9.17) is 5.11 Å². The summed E-state index contributed by atoms with van der Waals surface area (Å²) >= 11 is 2.22. The van der Waals surface area contributed by atoms with Crippen LogP contribution >= 0.6 is 22.6 Å². The van der Waals surface area contributed by atoms with E-state index in [0.29, 0.717) is 19.3 Å². The average Bonchev–Trinajstić information content (AvgIpc) is 2.29. The van der Waals surface area contributed by atoms with Crippen molar-refractivity contribution < 1.29 is 14.7 Å². The van der Waals surface area contributed by atoms with Crippen molar-refractivity contribution in [2.45, 2.75) is 32.6 Å². The van der Waals surface area contributed by atoms with E-state index in [-0.39, 0.29) is 12.3 Å². The van der Waals surface area contributed by atoms with Gasteiger partial charge < -0.3 is 10.4 Å². The highest BCUT2D eigenvalue weighted by atomic mass is 127. The number of hydrogen-bond acceptors (Lipinski definition) is 2. The molecule has 0 saturated carbocycles. The Hall–Kier alpha value is -1.11. The van der Waals surface area contributed by atoms with Crippen LogP contribution in [0, 0.1) is 10.5 Å². The highest BCUT2D eigenvalue weighted by Crippen LogP contribution is 2.17. The van der Waals surface area contributed by atoms with Crippen LogP contribution in [0.2, 0.25) is 0 Å². The summed E-state index contributed by atoms with van der Waals surface area (Å²) in [5.74, 6) is -0.886. The lowest BCUT2D eigenvalue weighted by Crippen LogP contribution is -2.11. The van der Waals surface area contributed by atoms with Gasteiger partial charge in [-0.05, 0) is 60.1 Å². The molecule has 1 rings (SSSR count). The van der Waals surface area contributed by atoms with Crippen LogP contribution in [0.4, 0.5) is 5.69 Å². The Morgan fingerprint density at radius 1 is 1.28 bits per heavy atom. The molecular formula is C13H16INO3. The van der Waals surface area contributed by atoms with Crippen molar-refractivity contribution in [2.24, 2.45) is 0 Å². The first-order chi connectivity index (χ1) is 8.49. The van der Waals surface area contributed by atoms with Gasteiger partial charge in [0.25, 0.3) is 0 Å². The van der Waals surface area contributed by atoms with E-state index in [1.807, 2.05) is 25.1 Å². The van der Waals surface area contributed by atoms with E-state index >= 15 is 0 Å². The number of carbonyl (C=O) groups is 2. The van der Waals surface area contributed by atoms with Crippen molar-refractivity contribution >= 4 is 40.2 Å². The normalized spacial score (nSPS) is 10.1. The predicted molar refractivity (Wildman–Crippen MR) is 78.6 cm³/mol. The number of carboxylic acid groups (broad SMARTS) is 1. The highest BCUT2D eigenvalue weighted by Gasteiger charge is 2.04. The van der Waals surface area contributed by atoms with E-state index in [9.17, 15) is 9.59 Å². The first-order valence-corrected chi connectivity index (χ1v) is 6.84. The molecule has 1 aromatic rings. The molecule has 2 N–H and O–H groups in total. The van der Waals surface area contributed by atoms with Crippen molar-refractivity contribution in [1.29, 1.82) is 0 Å². The number of halogens is 1. The average molecular weight is 361 g/mol. The number of aryl methyl sites for hydroxylation is 1. The Morgan fingerprint density at radius 3 is 2.56 bits per heavy atom. The van der Waals surface area contributed by atoms with Crippen LogP contribution in [0.15, 0.2) is 18.2 Å². The smallest absolute Gasteiger partial charge is 0.303 e. The zero-order valence-corrected chi connectivity index (χ0v) is 12.4. The van der Waals surface area contributed by atoms with Crippen LogP contribution in [-0.4, -0.2) is 17.0 Å². The van der Waals surface area contributed by atoms with E-state index in [1.165, 1.54) is 5.56 Å². The monoisotopic (exact) mass is 361 g/mol. The Labute approximate surface area is 120 Å². The predicted octanol–water partition coefficient (Wildman–Crippen LogP) is 3.18. The maximum atomic E-state index is 11.6. The lowest BCUT2D eigenvalue weighted by atomic mass is 10.2. The van der Waals surface area contributed by atoms with Gasteiger partial charge in [-0.25, -0.2) is 0 Å². The molecule has 0 aliphatic heterocycles. The molecule has 0 spiro atoms. The summed E-state index contributed by atoms with van der Waals surface area (Å²) in [5.41, 5.74) is 1.96. The van der Waals surface area contributed by atoms with Gasteiger partial charge in [-0.1, -0.05) is 6.07 Å². The quantitative estimate of drug-likeness (QED) is 0.604. The molecule has 0 heterocycles. The zero-order chi connectivity index (χ0) is 13.5. The number of anilines is 1. The number of hydrogen-bond donors (Lipinski definition) is 2. The minimum absolute atomic E-state index is 0.0694. The first-order valence-electron chi connectivity index (χ1n) is 5.77. The summed E-state index contributed by atoms with van der Waals surface area (Å²) in [5, 5.41) is 11.3. The minimum Gasteiger partial charge on any atom is -0.481 e. The molecule has 0 atom stereocenters. The van der Waals surface area contributed by atoms with Crippen LogP contribution in [0.1, 0.15) is 31.2 Å². The number of carbonyl (C=O) groups excluding carboxylic acids is 1. The van der Waals surface area contributed by atoms with E-state index < -0.39 is 5.97 Å². The third-order valence-electron chi connectivity index (χ3n) is 2.50. The molecule has 0 unspecified atom stereocenters. The van der Waals surface area contributed by atoms with E-state index in [1.54, 1.807) is 0 Å². The first kappa shape index (κ1) is 14.9. The molecule has 0 aromatic heterocycles. The number of carboxylic acids is 1. The van der Waals surface area contributed by atoms with E-state index in [0.717, 1.165) is 9.26 Å². The minimum atomic E-state index is -0.816. The lowest BCUT2D eigenvalue weighted by molar-refractivity contribution is -0.137. The molecule has 0 bridgehead atoms. The van der Waals surface area contributed by atoms with Crippen molar-refractivity contribution in [3.8, 4) is 0 Å². The van der Waals surface area contributed by atoms with Crippen LogP contribution < -0.4 is 5.32 Å². The number of aliphatic carboxylic acids is 1. The molecule has 4 nitrogen and oxygen atoms in total. The second-order valence-corrected chi connectivity index (χ2v) is 5.28. The fraction of sp³-hybridized carbons (Fsp3) is 0.385. The number of amides is 1. The largest absolute Gasteiger partial charge is 0.481 e. The summed E-state index contributed by atoms with van der Waals surface area (Å²) < 4.78 is 1.11. The van der Waals surface area contributed by atoms with Crippen molar-refractivity contribution in [2.75, 3.05) is 5.32 Å². The van der Waals surface area contributed by atoms with Crippen molar-refractivity contribution in [3.63, 3.8) is 0 Å². The number of unbranched alkanes of at least 4 members (excludes halogenated alkanes) is 1. The summed E-state index contributed by atoms with van der Waals surface area (Å²) in [6.07, 6.45) is 1.61.